The van der Waals surface area contributed by atoms with Gasteiger partial charge in [-0.15, -0.1) is 0 Å². The number of benzene rings is 1. The minimum Gasteiger partial charge on any atom is -0.492 e. The fraction of sp³-hybridized carbons (Fsp3) is 0.417. The lowest BCUT2D eigenvalue weighted by molar-refractivity contribution is -0.109. The quantitative estimate of drug-likeness (QED) is 0.520. The number of hydrogen-bond acceptors (Lipinski definition) is 4. The number of ether oxygens (including phenoxy) is 1. The van der Waals surface area contributed by atoms with Crippen LogP contribution in [0.3, 0.4) is 0 Å². The average molecular weight is 222 g/mol. The lowest BCUT2D eigenvalue weighted by atomic mass is 10.2. The highest BCUT2D eigenvalue weighted by Gasteiger charge is 2.02. The van der Waals surface area contributed by atoms with Gasteiger partial charge in [0.2, 0.25) is 0 Å². The Balaban J connectivity index is 2.23. The largest absolute Gasteiger partial charge is 0.492 e. The third-order valence-electron chi connectivity index (χ3n) is 2.19. The van der Waals surface area contributed by atoms with Crippen LogP contribution in [0.2, 0.25) is 0 Å². The van der Waals surface area contributed by atoms with Crippen molar-refractivity contribution in [1.82, 2.24) is 5.32 Å². The molecule has 0 aromatic heterocycles. The van der Waals surface area contributed by atoms with Gasteiger partial charge in [0, 0.05) is 13.1 Å². The molecule has 0 bridgehead atoms. The summed E-state index contributed by atoms with van der Waals surface area (Å²) in [5.41, 5.74) is 6.53. The van der Waals surface area contributed by atoms with Crippen molar-refractivity contribution >= 4 is 6.29 Å². The topological polar surface area (TPSA) is 64.3 Å². The van der Waals surface area contributed by atoms with Gasteiger partial charge in [-0.25, -0.2) is 0 Å². The average Bonchev–Trinajstić information content (AvgIpc) is 2.29. The summed E-state index contributed by atoms with van der Waals surface area (Å²) in [6, 6.07) is 7.57. The Labute approximate surface area is 95.8 Å². The maximum Gasteiger partial charge on any atom is 0.138 e. The summed E-state index contributed by atoms with van der Waals surface area (Å²) in [6.07, 6.45) is 0.812. The molecule has 3 N–H and O–H groups in total. The molecule has 1 atom stereocenters. The van der Waals surface area contributed by atoms with Gasteiger partial charge < -0.3 is 20.6 Å². The first kappa shape index (κ1) is 12.7. The van der Waals surface area contributed by atoms with Crippen LogP contribution in [0.25, 0.3) is 0 Å². The molecule has 4 heteroatoms. The molecule has 0 radical (unpaired) electrons. The smallest absolute Gasteiger partial charge is 0.138 e. The van der Waals surface area contributed by atoms with E-state index in [1.807, 2.05) is 31.2 Å². The van der Waals surface area contributed by atoms with E-state index >= 15 is 0 Å². The summed E-state index contributed by atoms with van der Waals surface area (Å²) in [7, 11) is 0. The van der Waals surface area contributed by atoms with Gasteiger partial charge in [-0.1, -0.05) is 12.1 Å². The first-order chi connectivity index (χ1) is 7.76. The number of rotatable bonds is 7. The molecule has 1 unspecified atom stereocenters. The lowest BCUT2D eigenvalue weighted by Crippen LogP contribution is -2.39. The molecular formula is C12H18N2O2. The van der Waals surface area contributed by atoms with E-state index < -0.39 is 0 Å². The molecule has 0 heterocycles. The van der Waals surface area contributed by atoms with Crippen LogP contribution in [0.15, 0.2) is 24.3 Å². The second-order valence-corrected chi connectivity index (χ2v) is 3.60. The van der Waals surface area contributed by atoms with Crippen LogP contribution in [0.1, 0.15) is 5.56 Å². The van der Waals surface area contributed by atoms with Crippen molar-refractivity contribution in [3.8, 4) is 5.75 Å². The molecule has 0 aliphatic heterocycles. The molecule has 88 valence electrons. The maximum atomic E-state index is 10.5. The molecule has 0 aliphatic carbocycles. The van der Waals surface area contributed by atoms with Gasteiger partial charge in [0.15, 0.2) is 0 Å². The lowest BCUT2D eigenvalue weighted by Gasteiger charge is -2.11. The number of carbonyl (C=O) groups excluding carboxylic acids is 1. The first-order valence-electron chi connectivity index (χ1n) is 5.34. The van der Waals surface area contributed by atoms with Gasteiger partial charge in [0.25, 0.3) is 0 Å². The Morgan fingerprint density at radius 3 is 3.00 bits per heavy atom. The summed E-state index contributed by atoms with van der Waals surface area (Å²) < 4.78 is 5.51. The van der Waals surface area contributed by atoms with Gasteiger partial charge in [0.1, 0.15) is 18.6 Å². The minimum atomic E-state index is -0.277. The number of aryl methyl sites for hydroxylation is 1. The van der Waals surface area contributed by atoms with Crippen LogP contribution in [0, 0.1) is 6.92 Å². The zero-order chi connectivity index (χ0) is 11.8. The zero-order valence-corrected chi connectivity index (χ0v) is 9.48. The number of nitrogens with one attached hydrogen (secondary N) is 1. The summed E-state index contributed by atoms with van der Waals surface area (Å²) >= 11 is 0. The fourth-order valence-electron chi connectivity index (χ4n) is 1.31. The molecule has 4 nitrogen and oxygen atoms in total. The van der Waals surface area contributed by atoms with Crippen molar-refractivity contribution in [2.45, 2.75) is 13.0 Å². The monoisotopic (exact) mass is 222 g/mol. The van der Waals surface area contributed by atoms with Crippen molar-refractivity contribution < 1.29 is 9.53 Å². The summed E-state index contributed by atoms with van der Waals surface area (Å²) in [5, 5.41) is 2.99. The second-order valence-electron chi connectivity index (χ2n) is 3.60. The predicted molar refractivity (Wildman–Crippen MR) is 63.6 cm³/mol. The molecule has 0 spiro atoms. The maximum absolute atomic E-state index is 10.5. The van der Waals surface area contributed by atoms with E-state index in [0.717, 1.165) is 17.6 Å². The predicted octanol–water partition coefficient (Wildman–Crippen LogP) is 0.490. The molecule has 16 heavy (non-hydrogen) atoms. The van der Waals surface area contributed by atoms with E-state index in [1.54, 1.807) is 0 Å². The van der Waals surface area contributed by atoms with E-state index in [1.165, 1.54) is 0 Å². The SMILES string of the molecule is Cc1cccc(OCCNC(C=O)CN)c1. The van der Waals surface area contributed by atoms with Gasteiger partial charge in [-0.3, -0.25) is 0 Å². The highest BCUT2D eigenvalue weighted by molar-refractivity contribution is 5.57. The zero-order valence-electron chi connectivity index (χ0n) is 9.48. The Morgan fingerprint density at radius 2 is 2.38 bits per heavy atom. The second kappa shape index (κ2) is 6.98. The van der Waals surface area contributed by atoms with Crippen LogP contribution in [-0.2, 0) is 4.79 Å². The van der Waals surface area contributed by atoms with Crippen molar-refractivity contribution in [3.63, 3.8) is 0 Å². The molecule has 0 fully saturated rings. The van der Waals surface area contributed by atoms with Gasteiger partial charge in [0.05, 0.1) is 6.04 Å². The van der Waals surface area contributed by atoms with E-state index in [4.69, 9.17) is 10.5 Å². The summed E-state index contributed by atoms with van der Waals surface area (Å²) in [4.78, 5) is 10.5. The molecule has 1 aromatic carbocycles. The first-order valence-corrected chi connectivity index (χ1v) is 5.34. The van der Waals surface area contributed by atoms with Gasteiger partial charge in [-0.05, 0) is 24.6 Å². The Hall–Kier alpha value is -1.39. The number of carbonyl (C=O) groups is 1. The van der Waals surface area contributed by atoms with E-state index in [0.29, 0.717) is 19.7 Å². The number of hydrogen-bond donors (Lipinski definition) is 2. The molecule has 0 aliphatic rings. The van der Waals surface area contributed by atoms with Crippen molar-refractivity contribution in [2.24, 2.45) is 5.73 Å². The standard InChI is InChI=1S/C12H18N2O2/c1-10-3-2-4-12(7-10)16-6-5-14-11(8-13)9-15/h2-4,7,9,11,14H,5-6,8,13H2,1H3. The summed E-state index contributed by atoms with van der Waals surface area (Å²) in [6.45, 7) is 3.46. The van der Waals surface area contributed by atoms with Crippen molar-refractivity contribution in [1.29, 1.82) is 0 Å². The molecule has 0 saturated heterocycles. The van der Waals surface area contributed by atoms with Crippen LogP contribution < -0.4 is 15.8 Å². The summed E-state index contributed by atoms with van der Waals surface area (Å²) in [5.74, 6) is 0.845. The van der Waals surface area contributed by atoms with Gasteiger partial charge in [-0.2, -0.15) is 0 Å². The molecule has 0 amide bonds. The molecule has 1 aromatic rings. The Bertz CT molecular complexity index is 329. The third kappa shape index (κ3) is 4.42. The normalized spacial score (nSPS) is 12.1. The fourth-order valence-corrected chi connectivity index (χ4v) is 1.31. The molecular weight excluding hydrogens is 204 g/mol. The molecule has 1 rings (SSSR count). The van der Waals surface area contributed by atoms with Crippen molar-refractivity contribution in [2.75, 3.05) is 19.7 Å². The van der Waals surface area contributed by atoms with Crippen LogP contribution >= 0.6 is 0 Å². The number of aldehydes is 1. The third-order valence-corrected chi connectivity index (χ3v) is 2.19. The Kier molecular flexibility index (Phi) is 5.53. The molecule has 0 saturated carbocycles. The number of nitrogens with two attached hydrogens (primary N) is 1. The van der Waals surface area contributed by atoms with Crippen LogP contribution in [0.4, 0.5) is 0 Å². The highest BCUT2D eigenvalue weighted by Crippen LogP contribution is 2.11. The van der Waals surface area contributed by atoms with Crippen LogP contribution in [0.5, 0.6) is 5.75 Å². The van der Waals surface area contributed by atoms with Gasteiger partial charge >= 0.3 is 0 Å². The van der Waals surface area contributed by atoms with Crippen molar-refractivity contribution in [3.05, 3.63) is 29.8 Å². The van der Waals surface area contributed by atoms with Crippen LogP contribution in [-0.4, -0.2) is 32.0 Å². The van der Waals surface area contributed by atoms with E-state index in [9.17, 15) is 4.79 Å². The van der Waals surface area contributed by atoms with E-state index in [2.05, 4.69) is 5.32 Å². The minimum absolute atomic E-state index is 0.277. The Morgan fingerprint density at radius 1 is 1.56 bits per heavy atom. The van der Waals surface area contributed by atoms with E-state index in [-0.39, 0.29) is 6.04 Å². The highest BCUT2D eigenvalue weighted by atomic mass is 16.5.